The van der Waals surface area contributed by atoms with Crippen LogP contribution in [0, 0.1) is 9.39 Å². The summed E-state index contributed by atoms with van der Waals surface area (Å²) < 4.78 is 43.5. The van der Waals surface area contributed by atoms with Gasteiger partial charge in [0.25, 0.3) is 6.43 Å². The van der Waals surface area contributed by atoms with E-state index in [0.717, 1.165) is 6.20 Å². The molecule has 3 nitrogen and oxygen atoms in total. The smallest absolute Gasteiger partial charge is 0.310 e. The minimum absolute atomic E-state index is 0.0892. The second-order valence-corrected chi connectivity index (χ2v) is 4.23. The lowest BCUT2D eigenvalue weighted by molar-refractivity contribution is -0.142. The molecule has 1 aromatic heterocycles. The third kappa shape index (κ3) is 3.55. The quantitative estimate of drug-likeness (QED) is 0.613. The summed E-state index contributed by atoms with van der Waals surface area (Å²) in [5.41, 5.74) is -1.11. The molecule has 0 amide bonds. The molecular formula is C10H9F3INO2. The van der Waals surface area contributed by atoms with E-state index in [2.05, 4.69) is 9.72 Å². The number of carbonyl (C=O) groups is 1. The lowest BCUT2D eigenvalue weighted by Gasteiger charge is -2.09. The second-order valence-electron chi connectivity index (χ2n) is 3.07. The van der Waals surface area contributed by atoms with E-state index < -0.39 is 35.9 Å². The van der Waals surface area contributed by atoms with Crippen LogP contribution in [0.2, 0.25) is 0 Å². The third-order valence-corrected chi connectivity index (χ3v) is 2.69. The minimum atomic E-state index is -2.93. The van der Waals surface area contributed by atoms with Crippen molar-refractivity contribution in [2.45, 2.75) is 19.8 Å². The number of esters is 1. The first kappa shape index (κ1) is 14.2. The fourth-order valence-corrected chi connectivity index (χ4v) is 1.69. The Morgan fingerprint density at radius 2 is 2.24 bits per heavy atom. The van der Waals surface area contributed by atoms with E-state index in [9.17, 15) is 18.0 Å². The maximum absolute atomic E-state index is 13.6. The number of rotatable bonds is 4. The van der Waals surface area contributed by atoms with E-state index in [1.165, 1.54) is 0 Å². The number of ether oxygens (including phenoxy) is 1. The van der Waals surface area contributed by atoms with E-state index in [1.54, 1.807) is 29.5 Å². The van der Waals surface area contributed by atoms with Gasteiger partial charge in [-0.1, -0.05) is 0 Å². The van der Waals surface area contributed by atoms with Gasteiger partial charge >= 0.3 is 5.97 Å². The van der Waals surface area contributed by atoms with Crippen molar-refractivity contribution in [3.05, 3.63) is 26.8 Å². The van der Waals surface area contributed by atoms with Gasteiger partial charge in [-0.25, -0.2) is 13.2 Å². The highest BCUT2D eigenvalue weighted by atomic mass is 127. The molecule has 0 spiro atoms. The standard InChI is InChI=1S/C10H9F3INO2/c1-2-17-7(16)3-5-8(11)6(14)4-15-9(5)10(12)13/h4,10H,2-3H2,1H3. The first-order valence-electron chi connectivity index (χ1n) is 4.73. The monoisotopic (exact) mass is 359 g/mol. The van der Waals surface area contributed by atoms with E-state index in [-0.39, 0.29) is 10.2 Å². The van der Waals surface area contributed by atoms with Gasteiger partial charge < -0.3 is 4.74 Å². The summed E-state index contributed by atoms with van der Waals surface area (Å²) in [5, 5.41) is 0. The Labute approximate surface area is 110 Å². The lowest BCUT2D eigenvalue weighted by atomic mass is 10.1. The van der Waals surface area contributed by atoms with Gasteiger partial charge in [0.2, 0.25) is 0 Å². The molecule has 0 aromatic carbocycles. The summed E-state index contributed by atoms with van der Waals surface area (Å²) in [4.78, 5) is 14.6. The number of hydrogen-bond acceptors (Lipinski definition) is 3. The van der Waals surface area contributed by atoms with Gasteiger partial charge in [-0.2, -0.15) is 0 Å². The summed E-state index contributed by atoms with van der Waals surface area (Å²) in [6.45, 7) is 1.69. The van der Waals surface area contributed by atoms with Crippen LogP contribution in [0.3, 0.4) is 0 Å². The molecule has 7 heteroatoms. The van der Waals surface area contributed by atoms with Crippen LogP contribution in [0.5, 0.6) is 0 Å². The minimum Gasteiger partial charge on any atom is -0.466 e. The van der Waals surface area contributed by atoms with Crippen LogP contribution in [0.15, 0.2) is 6.20 Å². The van der Waals surface area contributed by atoms with Crippen molar-refractivity contribution in [1.29, 1.82) is 0 Å². The molecule has 0 atom stereocenters. The van der Waals surface area contributed by atoms with Crippen LogP contribution in [0.25, 0.3) is 0 Å². The van der Waals surface area contributed by atoms with Gasteiger partial charge in [-0.05, 0) is 29.5 Å². The molecule has 94 valence electrons. The van der Waals surface area contributed by atoms with E-state index in [0.29, 0.717) is 0 Å². The molecule has 1 heterocycles. The van der Waals surface area contributed by atoms with Crippen molar-refractivity contribution >= 4 is 28.6 Å². The first-order valence-corrected chi connectivity index (χ1v) is 5.81. The zero-order chi connectivity index (χ0) is 13.0. The van der Waals surface area contributed by atoms with Crippen LogP contribution in [-0.4, -0.2) is 17.6 Å². The fraction of sp³-hybridized carbons (Fsp3) is 0.400. The molecule has 0 saturated heterocycles. The number of nitrogens with zero attached hydrogens (tertiary/aromatic N) is 1. The number of aromatic nitrogens is 1. The summed E-state index contributed by atoms with van der Waals surface area (Å²) in [6.07, 6.45) is -2.46. The number of pyridine rings is 1. The van der Waals surface area contributed by atoms with E-state index >= 15 is 0 Å². The SMILES string of the molecule is CCOC(=O)Cc1c(C(F)F)ncc(I)c1F. The molecular weight excluding hydrogens is 350 g/mol. The van der Waals surface area contributed by atoms with E-state index in [4.69, 9.17) is 0 Å². The van der Waals surface area contributed by atoms with Crippen molar-refractivity contribution < 1.29 is 22.7 Å². The normalized spacial score (nSPS) is 10.7. The summed E-state index contributed by atoms with van der Waals surface area (Å²) in [5.74, 6) is -1.60. The van der Waals surface area contributed by atoms with Crippen molar-refractivity contribution in [2.24, 2.45) is 0 Å². The molecule has 17 heavy (non-hydrogen) atoms. The van der Waals surface area contributed by atoms with Gasteiger partial charge in [-0.3, -0.25) is 9.78 Å². The van der Waals surface area contributed by atoms with Crippen molar-refractivity contribution in [2.75, 3.05) is 6.61 Å². The van der Waals surface area contributed by atoms with Gasteiger partial charge in [0.05, 0.1) is 16.6 Å². The number of hydrogen-bond donors (Lipinski definition) is 0. The van der Waals surface area contributed by atoms with Crippen LogP contribution < -0.4 is 0 Å². The molecule has 1 aromatic rings. The van der Waals surface area contributed by atoms with Crippen LogP contribution in [-0.2, 0) is 16.0 Å². The van der Waals surface area contributed by atoms with Crippen molar-refractivity contribution in [3.8, 4) is 0 Å². The highest BCUT2D eigenvalue weighted by Crippen LogP contribution is 2.25. The first-order chi connectivity index (χ1) is 7.97. The Bertz CT molecular complexity index is 426. The van der Waals surface area contributed by atoms with Crippen molar-refractivity contribution in [1.82, 2.24) is 4.98 Å². The Balaban J connectivity index is 3.10. The highest BCUT2D eigenvalue weighted by molar-refractivity contribution is 14.1. The van der Waals surface area contributed by atoms with Crippen LogP contribution >= 0.6 is 22.6 Å². The summed E-state index contributed by atoms with van der Waals surface area (Å²) in [7, 11) is 0. The van der Waals surface area contributed by atoms with Gasteiger partial charge in [0.1, 0.15) is 11.5 Å². The Hall–Kier alpha value is -0.860. The van der Waals surface area contributed by atoms with Gasteiger partial charge in [-0.15, -0.1) is 0 Å². The molecule has 0 aliphatic carbocycles. The highest BCUT2D eigenvalue weighted by Gasteiger charge is 2.22. The number of carbonyl (C=O) groups excluding carboxylic acids is 1. The van der Waals surface area contributed by atoms with Gasteiger partial charge in [0, 0.05) is 11.8 Å². The molecule has 0 bridgehead atoms. The number of halogens is 4. The zero-order valence-electron chi connectivity index (χ0n) is 8.84. The van der Waals surface area contributed by atoms with E-state index in [1.807, 2.05) is 0 Å². The molecule has 1 rings (SSSR count). The predicted molar refractivity (Wildman–Crippen MR) is 62.2 cm³/mol. The third-order valence-electron chi connectivity index (χ3n) is 1.93. The maximum Gasteiger partial charge on any atom is 0.310 e. The molecule has 0 aliphatic rings. The van der Waals surface area contributed by atoms with Crippen LogP contribution in [0.4, 0.5) is 13.2 Å². The molecule has 0 unspecified atom stereocenters. The average molecular weight is 359 g/mol. The Morgan fingerprint density at radius 1 is 1.59 bits per heavy atom. The Morgan fingerprint density at radius 3 is 2.76 bits per heavy atom. The lowest BCUT2D eigenvalue weighted by Crippen LogP contribution is -2.13. The molecule has 0 radical (unpaired) electrons. The Kier molecular flexibility index (Phi) is 5.16. The predicted octanol–water partition coefficient (Wildman–Crippen LogP) is 2.87. The topological polar surface area (TPSA) is 39.2 Å². The largest absolute Gasteiger partial charge is 0.466 e. The van der Waals surface area contributed by atoms with Crippen molar-refractivity contribution in [3.63, 3.8) is 0 Å². The summed E-state index contributed by atoms with van der Waals surface area (Å²) >= 11 is 1.62. The average Bonchev–Trinajstić information content (AvgIpc) is 2.25. The van der Waals surface area contributed by atoms with Crippen LogP contribution in [0.1, 0.15) is 24.6 Å². The molecule has 0 fully saturated rings. The maximum atomic E-state index is 13.6. The molecule has 0 aliphatic heterocycles. The molecule has 0 N–H and O–H groups in total. The number of alkyl halides is 2. The second kappa shape index (κ2) is 6.18. The zero-order valence-corrected chi connectivity index (χ0v) is 11.0. The van der Waals surface area contributed by atoms with Gasteiger partial charge in [0.15, 0.2) is 0 Å². The summed E-state index contributed by atoms with van der Waals surface area (Å²) in [6, 6.07) is 0. The fourth-order valence-electron chi connectivity index (χ4n) is 1.23. The molecule has 0 saturated carbocycles.